The predicted octanol–water partition coefficient (Wildman–Crippen LogP) is 3.71. The Labute approximate surface area is 130 Å². The Balaban J connectivity index is 1.93. The summed E-state index contributed by atoms with van der Waals surface area (Å²) in [5.74, 6) is -0.688. The molecule has 1 aliphatic heterocycles. The zero-order valence-electron chi connectivity index (χ0n) is 11.5. The van der Waals surface area contributed by atoms with Gasteiger partial charge in [0, 0.05) is 15.8 Å². The zero-order chi connectivity index (χ0) is 15.1. The molecule has 3 nitrogen and oxygen atoms in total. The first-order valence-corrected chi connectivity index (χ1v) is 7.75. The average Bonchev–Trinajstić information content (AvgIpc) is 2.95. The molecular formula is C18H11NO2S. The second-order valence-corrected chi connectivity index (χ2v) is 5.99. The largest absolute Gasteiger partial charge is 0.288 e. The van der Waals surface area contributed by atoms with Gasteiger partial charge in [0.05, 0.1) is 0 Å². The lowest BCUT2D eigenvalue weighted by Gasteiger charge is -2.17. The van der Waals surface area contributed by atoms with Crippen molar-refractivity contribution in [3.05, 3.63) is 70.6 Å². The van der Waals surface area contributed by atoms with Gasteiger partial charge in [-0.1, -0.05) is 36.4 Å². The summed E-state index contributed by atoms with van der Waals surface area (Å²) in [5, 5.41) is 5.55. The fraction of sp³-hybridized carbons (Fsp3) is 0. The van der Waals surface area contributed by atoms with E-state index in [1.807, 2.05) is 41.8 Å². The predicted molar refractivity (Wildman–Crippen MR) is 88.6 cm³/mol. The van der Waals surface area contributed by atoms with Crippen LogP contribution in [0.4, 0.5) is 0 Å². The monoisotopic (exact) mass is 305 g/mol. The maximum absolute atomic E-state index is 12.2. The molecule has 0 aliphatic carbocycles. The number of thiophene rings is 1. The number of carbonyl (C=O) groups excluding carboxylic acids is 2. The van der Waals surface area contributed by atoms with Crippen molar-refractivity contribution in [2.45, 2.75) is 0 Å². The number of amides is 2. The summed E-state index contributed by atoms with van der Waals surface area (Å²) >= 11 is 1.64. The SMILES string of the molecule is O=C1NC(=O)c2ccccc2C1=Cc1csc2ccccc12. The number of imide groups is 1. The minimum absolute atomic E-state index is 0.340. The van der Waals surface area contributed by atoms with Gasteiger partial charge >= 0.3 is 0 Å². The lowest BCUT2D eigenvalue weighted by Crippen LogP contribution is -2.36. The highest BCUT2D eigenvalue weighted by Gasteiger charge is 2.26. The lowest BCUT2D eigenvalue weighted by atomic mass is 9.93. The third-order valence-corrected chi connectivity index (χ3v) is 4.73. The van der Waals surface area contributed by atoms with Gasteiger partial charge < -0.3 is 0 Å². The molecule has 0 saturated heterocycles. The number of nitrogens with one attached hydrogen (secondary N) is 1. The molecule has 0 radical (unpaired) electrons. The molecule has 0 atom stereocenters. The van der Waals surface area contributed by atoms with Gasteiger partial charge in [-0.05, 0) is 40.1 Å². The molecule has 4 heteroatoms. The highest BCUT2D eigenvalue weighted by Crippen LogP contribution is 2.31. The Morgan fingerprint density at radius 2 is 1.59 bits per heavy atom. The van der Waals surface area contributed by atoms with Crippen LogP contribution in [0.5, 0.6) is 0 Å². The van der Waals surface area contributed by atoms with Crippen LogP contribution in [0.15, 0.2) is 53.9 Å². The smallest absolute Gasteiger partial charge is 0.258 e. The maximum Gasteiger partial charge on any atom is 0.258 e. The van der Waals surface area contributed by atoms with Gasteiger partial charge in [0.15, 0.2) is 0 Å². The Bertz CT molecular complexity index is 952. The standard InChI is InChI=1S/C18H11NO2S/c20-17-14-7-2-1-6-13(14)15(18(21)19-17)9-11-10-22-16-8-4-3-5-12(11)16/h1-10H,(H,19,20,21). The van der Waals surface area contributed by atoms with Crippen LogP contribution in [0.2, 0.25) is 0 Å². The second kappa shape index (κ2) is 4.93. The summed E-state index contributed by atoms with van der Waals surface area (Å²) in [6.45, 7) is 0. The molecule has 2 amide bonds. The van der Waals surface area contributed by atoms with E-state index in [4.69, 9.17) is 0 Å². The van der Waals surface area contributed by atoms with Crippen molar-refractivity contribution in [3.8, 4) is 0 Å². The Hall–Kier alpha value is -2.72. The van der Waals surface area contributed by atoms with Gasteiger partial charge in [-0.15, -0.1) is 11.3 Å². The van der Waals surface area contributed by atoms with Crippen molar-refractivity contribution < 1.29 is 9.59 Å². The summed E-state index contributed by atoms with van der Waals surface area (Å²) in [7, 11) is 0. The molecule has 0 saturated carbocycles. The van der Waals surface area contributed by atoms with Gasteiger partial charge in [-0.3, -0.25) is 14.9 Å². The van der Waals surface area contributed by atoms with Crippen molar-refractivity contribution in [2.75, 3.05) is 0 Å². The van der Waals surface area contributed by atoms with Crippen molar-refractivity contribution in [2.24, 2.45) is 0 Å². The van der Waals surface area contributed by atoms with E-state index in [1.54, 1.807) is 23.5 Å². The minimum atomic E-state index is -0.348. The zero-order valence-corrected chi connectivity index (χ0v) is 12.3. The lowest BCUT2D eigenvalue weighted by molar-refractivity contribution is -0.114. The Morgan fingerprint density at radius 3 is 2.45 bits per heavy atom. The molecule has 0 spiro atoms. The van der Waals surface area contributed by atoms with E-state index in [9.17, 15) is 9.59 Å². The van der Waals surface area contributed by atoms with E-state index >= 15 is 0 Å². The molecule has 1 aromatic heterocycles. The Kier molecular flexibility index (Phi) is 2.91. The third-order valence-electron chi connectivity index (χ3n) is 3.74. The van der Waals surface area contributed by atoms with E-state index < -0.39 is 0 Å². The molecule has 4 rings (SSSR count). The van der Waals surface area contributed by atoms with Gasteiger partial charge in [0.25, 0.3) is 11.8 Å². The molecule has 106 valence electrons. The molecule has 2 heterocycles. The maximum atomic E-state index is 12.2. The number of hydrogen-bond donors (Lipinski definition) is 1. The third kappa shape index (κ3) is 1.96. The fourth-order valence-electron chi connectivity index (χ4n) is 2.68. The van der Waals surface area contributed by atoms with Crippen molar-refractivity contribution in [1.82, 2.24) is 5.32 Å². The first-order valence-electron chi connectivity index (χ1n) is 6.87. The van der Waals surface area contributed by atoms with E-state index in [0.717, 1.165) is 10.9 Å². The summed E-state index contributed by atoms with van der Waals surface area (Å²) in [6, 6.07) is 15.3. The van der Waals surface area contributed by atoms with Gasteiger partial charge in [-0.25, -0.2) is 0 Å². The van der Waals surface area contributed by atoms with E-state index in [-0.39, 0.29) is 11.8 Å². The second-order valence-electron chi connectivity index (χ2n) is 5.07. The molecule has 0 fully saturated rings. The van der Waals surface area contributed by atoms with E-state index in [0.29, 0.717) is 16.7 Å². The number of rotatable bonds is 1. The quantitative estimate of drug-likeness (QED) is 0.550. The first-order chi connectivity index (χ1) is 10.7. The van der Waals surface area contributed by atoms with Crippen LogP contribution < -0.4 is 5.32 Å². The molecule has 3 aromatic rings. The topological polar surface area (TPSA) is 46.2 Å². The Morgan fingerprint density at radius 1 is 0.864 bits per heavy atom. The van der Waals surface area contributed by atoms with Crippen molar-refractivity contribution in [3.63, 3.8) is 0 Å². The van der Waals surface area contributed by atoms with Gasteiger partial charge in [-0.2, -0.15) is 0 Å². The summed E-state index contributed by atoms with van der Waals surface area (Å²) in [6.07, 6.45) is 1.86. The molecule has 22 heavy (non-hydrogen) atoms. The van der Waals surface area contributed by atoms with Crippen LogP contribution in [-0.4, -0.2) is 11.8 Å². The summed E-state index contributed by atoms with van der Waals surface area (Å²) in [5.41, 5.74) is 2.74. The van der Waals surface area contributed by atoms with E-state index in [2.05, 4.69) is 11.4 Å². The number of fused-ring (bicyclic) bond motifs is 2. The number of benzene rings is 2. The van der Waals surface area contributed by atoms with Crippen molar-refractivity contribution >= 4 is 44.9 Å². The number of carbonyl (C=O) groups is 2. The fourth-order valence-corrected chi connectivity index (χ4v) is 3.60. The molecule has 0 unspecified atom stereocenters. The van der Waals surface area contributed by atoms with Crippen LogP contribution in [0.3, 0.4) is 0 Å². The van der Waals surface area contributed by atoms with Crippen LogP contribution in [-0.2, 0) is 4.79 Å². The van der Waals surface area contributed by atoms with Crippen LogP contribution in [0.25, 0.3) is 21.7 Å². The van der Waals surface area contributed by atoms with Crippen LogP contribution >= 0.6 is 11.3 Å². The van der Waals surface area contributed by atoms with Crippen LogP contribution in [0.1, 0.15) is 21.5 Å². The highest BCUT2D eigenvalue weighted by atomic mass is 32.1. The molecular weight excluding hydrogens is 294 g/mol. The molecule has 0 bridgehead atoms. The minimum Gasteiger partial charge on any atom is -0.288 e. The first kappa shape index (κ1) is 13.0. The van der Waals surface area contributed by atoms with Crippen molar-refractivity contribution in [1.29, 1.82) is 0 Å². The van der Waals surface area contributed by atoms with Crippen LogP contribution in [0, 0.1) is 0 Å². The van der Waals surface area contributed by atoms with Gasteiger partial charge in [0.1, 0.15) is 0 Å². The summed E-state index contributed by atoms with van der Waals surface area (Å²) in [4.78, 5) is 24.1. The van der Waals surface area contributed by atoms with E-state index in [1.165, 1.54) is 4.70 Å². The average molecular weight is 305 g/mol. The number of hydrogen-bond acceptors (Lipinski definition) is 3. The van der Waals surface area contributed by atoms with Gasteiger partial charge in [0.2, 0.25) is 0 Å². The highest BCUT2D eigenvalue weighted by molar-refractivity contribution is 7.17. The molecule has 2 aromatic carbocycles. The normalized spacial score (nSPS) is 15.9. The molecule has 1 aliphatic rings. The summed E-state index contributed by atoms with van der Waals surface area (Å²) < 4.78 is 1.18. The molecule has 1 N–H and O–H groups in total.